The molecule has 7 heteroatoms. The van der Waals surface area contributed by atoms with Crippen LogP contribution < -0.4 is 15.0 Å². The molecule has 0 atom stereocenters. The Labute approximate surface area is 160 Å². The molecule has 0 bridgehead atoms. The summed E-state index contributed by atoms with van der Waals surface area (Å²) in [6.45, 7) is 2.75. The Hall–Kier alpha value is -2.96. The highest BCUT2D eigenvalue weighted by Crippen LogP contribution is 2.30. The lowest BCUT2D eigenvalue weighted by Crippen LogP contribution is -2.20. The molecule has 2 aromatic carbocycles. The molecule has 146 valence electrons. The van der Waals surface area contributed by atoms with Crippen LogP contribution in [0.25, 0.3) is 10.9 Å². The van der Waals surface area contributed by atoms with E-state index in [9.17, 15) is 13.2 Å². The summed E-state index contributed by atoms with van der Waals surface area (Å²) in [5.74, 6) is -0.274. The molecule has 0 amide bonds. The Morgan fingerprint density at radius 1 is 1.04 bits per heavy atom. The molecule has 0 radical (unpaired) electrons. The summed E-state index contributed by atoms with van der Waals surface area (Å²) in [6, 6.07) is 14.3. The van der Waals surface area contributed by atoms with Gasteiger partial charge in [0, 0.05) is 48.7 Å². The summed E-state index contributed by atoms with van der Waals surface area (Å²) >= 11 is 0. The molecule has 28 heavy (non-hydrogen) atoms. The van der Waals surface area contributed by atoms with E-state index in [0.29, 0.717) is 12.1 Å². The van der Waals surface area contributed by atoms with Gasteiger partial charge in [0.05, 0.1) is 5.52 Å². The second-order valence-electron chi connectivity index (χ2n) is 6.76. The van der Waals surface area contributed by atoms with Gasteiger partial charge in [-0.1, -0.05) is 18.2 Å². The molecule has 4 rings (SSSR count). The van der Waals surface area contributed by atoms with Crippen LogP contribution in [0.2, 0.25) is 0 Å². The quantitative estimate of drug-likeness (QED) is 0.641. The number of hydrogen-bond donors (Lipinski definition) is 1. The van der Waals surface area contributed by atoms with Crippen molar-refractivity contribution in [2.75, 3.05) is 23.3 Å². The first-order chi connectivity index (χ1) is 13.5. The molecule has 1 aliphatic heterocycles. The fraction of sp³-hybridized carbons (Fsp3) is 0.286. The third-order valence-corrected chi connectivity index (χ3v) is 4.86. The number of pyridine rings is 1. The van der Waals surface area contributed by atoms with Gasteiger partial charge in [0.15, 0.2) is 0 Å². The maximum absolute atomic E-state index is 12.4. The minimum Gasteiger partial charge on any atom is -0.406 e. The number of alkyl halides is 3. The smallest absolute Gasteiger partial charge is 0.406 e. The van der Waals surface area contributed by atoms with Crippen molar-refractivity contribution in [1.82, 2.24) is 4.98 Å². The second-order valence-corrected chi connectivity index (χ2v) is 6.76. The summed E-state index contributed by atoms with van der Waals surface area (Å²) in [5.41, 5.74) is 3.68. The van der Waals surface area contributed by atoms with E-state index < -0.39 is 6.36 Å². The number of para-hydroxylation sites is 1. The molecular weight excluding hydrogens is 367 g/mol. The van der Waals surface area contributed by atoms with Crippen molar-refractivity contribution in [1.29, 1.82) is 0 Å². The van der Waals surface area contributed by atoms with Crippen LogP contribution in [0.5, 0.6) is 5.75 Å². The Kier molecular flexibility index (Phi) is 4.98. The van der Waals surface area contributed by atoms with Gasteiger partial charge in [-0.3, -0.25) is 4.98 Å². The fourth-order valence-electron chi connectivity index (χ4n) is 3.60. The minimum absolute atomic E-state index is 0.274. The largest absolute Gasteiger partial charge is 0.573 e. The number of halogens is 3. The number of aromatic nitrogens is 1. The lowest BCUT2D eigenvalue weighted by molar-refractivity contribution is -0.274. The fourth-order valence-corrected chi connectivity index (χ4v) is 3.60. The molecule has 0 spiro atoms. The first kappa shape index (κ1) is 18.4. The van der Waals surface area contributed by atoms with Crippen molar-refractivity contribution in [3.63, 3.8) is 0 Å². The van der Waals surface area contributed by atoms with Gasteiger partial charge < -0.3 is 15.0 Å². The van der Waals surface area contributed by atoms with Crippen LogP contribution in [-0.4, -0.2) is 24.4 Å². The van der Waals surface area contributed by atoms with Gasteiger partial charge >= 0.3 is 6.36 Å². The Morgan fingerprint density at radius 2 is 1.82 bits per heavy atom. The Balaban J connectivity index is 1.56. The first-order valence-electron chi connectivity index (χ1n) is 9.21. The summed E-state index contributed by atoms with van der Waals surface area (Å²) < 4.78 is 41.3. The van der Waals surface area contributed by atoms with Crippen LogP contribution in [-0.2, 0) is 6.54 Å². The molecule has 4 nitrogen and oxygen atoms in total. The van der Waals surface area contributed by atoms with Gasteiger partial charge in [-0.2, -0.15) is 0 Å². The normalized spacial score (nSPS) is 14.5. The molecule has 3 aromatic rings. The topological polar surface area (TPSA) is 37.4 Å². The van der Waals surface area contributed by atoms with Crippen molar-refractivity contribution < 1.29 is 17.9 Å². The predicted molar refractivity (Wildman–Crippen MR) is 104 cm³/mol. The lowest BCUT2D eigenvalue weighted by Gasteiger charge is -2.22. The number of hydrogen-bond acceptors (Lipinski definition) is 4. The summed E-state index contributed by atoms with van der Waals surface area (Å²) in [6.07, 6.45) is -0.727. The Bertz CT molecular complexity index is 969. The van der Waals surface area contributed by atoms with Crippen molar-refractivity contribution >= 4 is 22.3 Å². The summed E-state index contributed by atoms with van der Waals surface area (Å²) in [7, 11) is 0. The van der Waals surface area contributed by atoms with E-state index in [0.717, 1.165) is 24.2 Å². The SMILES string of the molecule is FC(F)(F)Oc1ccc2c(NCc3ccccc3N3CCCC3)ccnc2c1. The van der Waals surface area contributed by atoms with Crippen LogP contribution >= 0.6 is 0 Å². The van der Waals surface area contributed by atoms with E-state index in [1.165, 1.54) is 36.2 Å². The minimum atomic E-state index is -4.72. The number of rotatable bonds is 5. The molecule has 1 fully saturated rings. The predicted octanol–water partition coefficient (Wildman–Crippen LogP) is 5.35. The van der Waals surface area contributed by atoms with Crippen molar-refractivity contribution in [3.8, 4) is 5.75 Å². The molecular formula is C21H20F3N3O. The standard InChI is InChI=1S/C21H20F3N3O/c22-21(23,24)28-16-7-8-17-18(9-10-25-19(17)13-16)26-14-15-5-1-2-6-20(15)27-11-3-4-12-27/h1-2,5-10,13H,3-4,11-12,14H2,(H,25,26). The number of benzene rings is 2. The van der Waals surface area contributed by atoms with E-state index in [1.54, 1.807) is 12.3 Å². The van der Waals surface area contributed by atoms with Crippen LogP contribution in [0, 0.1) is 0 Å². The number of ether oxygens (including phenoxy) is 1. The molecule has 1 N–H and O–H groups in total. The van der Waals surface area contributed by atoms with E-state index in [-0.39, 0.29) is 5.75 Å². The van der Waals surface area contributed by atoms with Gasteiger partial charge in [-0.15, -0.1) is 13.2 Å². The molecule has 0 aliphatic carbocycles. The van der Waals surface area contributed by atoms with Gasteiger partial charge in [-0.25, -0.2) is 0 Å². The van der Waals surface area contributed by atoms with E-state index in [4.69, 9.17) is 0 Å². The maximum Gasteiger partial charge on any atom is 0.573 e. The highest BCUT2D eigenvalue weighted by molar-refractivity contribution is 5.91. The van der Waals surface area contributed by atoms with Gasteiger partial charge in [-0.05, 0) is 42.7 Å². The molecule has 1 aliphatic rings. The number of nitrogens with zero attached hydrogens (tertiary/aromatic N) is 2. The second kappa shape index (κ2) is 7.58. The third kappa shape index (κ3) is 4.13. The number of anilines is 2. The van der Waals surface area contributed by atoms with Crippen molar-refractivity contribution in [2.24, 2.45) is 0 Å². The third-order valence-electron chi connectivity index (χ3n) is 4.86. The zero-order valence-electron chi connectivity index (χ0n) is 15.2. The highest BCUT2D eigenvalue weighted by Gasteiger charge is 2.31. The molecule has 1 saturated heterocycles. The number of fused-ring (bicyclic) bond motifs is 1. The average Bonchev–Trinajstić information content (AvgIpc) is 3.19. The van der Waals surface area contributed by atoms with Gasteiger partial charge in [0.1, 0.15) is 5.75 Å². The maximum atomic E-state index is 12.4. The average molecular weight is 387 g/mol. The Morgan fingerprint density at radius 3 is 2.61 bits per heavy atom. The van der Waals surface area contributed by atoms with Crippen LogP contribution in [0.1, 0.15) is 18.4 Å². The summed E-state index contributed by atoms with van der Waals surface area (Å²) in [5, 5.41) is 4.15. The van der Waals surface area contributed by atoms with Crippen LogP contribution in [0.4, 0.5) is 24.5 Å². The van der Waals surface area contributed by atoms with Gasteiger partial charge in [0.25, 0.3) is 0 Å². The van der Waals surface area contributed by atoms with Crippen molar-refractivity contribution in [3.05, 3.63) is 60.3 Å². The molecule has 1 aromatic heterocycles. The zero-order valence-corrected chi connectivity index (χ0v) is 15.2. The highest BCUT2D eigenvalue weighted by atomic mass is 19.4. The van der Waals surface area contributed by atoms with Crippen LogP contribution in [0.3, 0.4) is 0 Å². The van der Waals surface area contributed by atoms with E-state index in [1.807, 2.05) is 18.2 Å². The zero-order chi connectivity index (χ0) is 19.6. The monoisotopic (exact) mass is 387 g/mol. The van der Waals surface area contributed by atoms with E-state index >= 15 is 0 Å². The number of nitrogens with one attached hydrogen (secondary N) is 1. The van der Waals surface area contributed by atoms with Gasteiger partial charge in [0.2, 0.25) is 0 Å². The summed E-state index contributed by atoms with van der Waals surface area (Å²) in [4.78, 5) is 6.56. The lowest BCUT2D eigenvalue weighted by atomic mass is 10.1. The van der Waals surface area contributed by atoms with Crippen molar-refractivity contribution in [2.45, 2.75) is 25.7 Å². The van der Waals surface area contributed by atoms with Crippen LogP contribution in [0.15, 0.2) is 54.7 Å². The molecule has 2 heterocycles. The molecule has 0 saturated carbocycles. The molecule has 0 unspecified atom stereocenters. The van der Waals surface area contributed by atoms with E-state index in [2.05, 4.69) is 32.1 Å². The first-order valence-corrected chi connectivity index (χ1v) is 9.21.